The molecule has 1 saturated heterocycles. The number of thiocarbonyl (C=S) groups is 1. The van der Waals surface area contributed by atoms with Crippen LogP contribution >= 0.6 is 24.0 Å². The van der Waals surface area contributed by atoms with Crippen molar-refractivity contribution in [1.82, 2.24) is 4.90 Å². The number of hydrogen-bond donors (Lipinski definition) is 2. The molecule has 1 aliphatic heterocycles. The van der Waals surface area contributed by atoms with Gasteiger partial charge in [-0.25, -0.2) is 4.79 Å². The van der Waals surface area contributed by atoms with Crippen LogP contribution in [0.2, 0.25) is 0 Å². The normalized spacial score (nSPS) is 15.1. The van der Waals surface area contributed by atoms with Gasteiger partial charge < -0.3 is 20.3 Å². The highest BCUT2D eigenvalue weighted by Crippen LogP contribution is 2.43. The van der Waals surface area contributed by atoms with Crippen molar-refractivity contribution in [3.8, 4) is 22.6 Å². The molecule has 214 valence electrons. The molecular weight excluding hydrogens is 590 g/mol. The molecule has 2 aromatic carbocycles. The van der Waals surface area contributed by atoms with E-state index in [9.17, 15) is 40.7 Å². The lowest BCUT2D eigenvalue weighted by molar-refractivity contribution is -0.143. The molecule has 40 heavy (non-hydrogen) atoms. The van der Waals surface area contributed by atoms with Gasteiger partial charge in [-0.05, 0) is 47.5 Å². The highest BCUT2D eigenvalue weighted by Gasteiger charge is 2.37. The van der Waals surface area contributed by atoms with Crippen LogP contribution in [-0.4, -0.2) is 52.4 Å². The number of carboxylic acids is 1. The quantitative estimate of drug-likeness (QED) is 0.234. The number of amides is 2. The van der Waals surface area contributed by atoms with Crippen LogP contribution in [0.1, 0.15) is 23.1 Å². The Morgan fingerprint density at radius 3 is 2.12 bits per heavy atom. The van der Waals surface area contributed by atoms with Crippen LogP contribution in [-0.2, 0) is 26.7 Å². The number of aliphatic carboxylic acids is 1. The average Bonchev–Trinajstić information content (AvgIpc) is 3.11. The van der Waals surface area contributed by atoms with Crippen LogP contribution in [0, 0.1) is 0 Å². The predicted molar refractivity (Wildman–Crippen MR) is 135 cm³/mol. The summed E-state index contributed by atoms with van der Waals surface area (Å²) in [5.41, 5.74) is 1.22. The van der Waals surface area contributed by atoms with Gasteiger partial charge in [0.1, 0.15) is 4.32 Å². The fourth-order valence-electron chi connectivity index (χ4n) is 3.52. The molecule has 0 unspecified atom stereocenters. The summed E-state index contributed by atoms with van der Waals surface area (Å²) in [6.45, 7) is -1.02. The smallest absolute Gasteiger partial charge is 0.416 e. The van der Waals surface area contributed by atoms with Crippen molar-refractivity contribution >= 4 is 52.2 Å². The van der Waals surface area contributed by atoms with Crippen LogP contribution in [0.15, 0.2) is 35.2 Å². The largest absolute Gasteiger partial charge is 0.493 e. The van der Waals surface area contributed by atoms with E-state index < -0.39 is 53.4 Å². The minimum atomic E-state index is -5.10. The molecule has 0 aliphatic carbocycles. The fraction of sp³-hybridized carbons (Fsp3) is 0.250. The number of hydrogen-bond acceptors (Lipinski definition) is 7. The molecule has 0 spiro atoms. The second-order valence-electron chi connectivity index (χ2n) is 8.12. The van der Waals surface area contributed by atoms with Gasteiger partial charge in [-0.2, -0.15) is 26.3 Å². The van der Waals surface area contributed by atoms with Gasteiger partial charge in [-0.1, -0.05) is 24.0 Å². The molecule has 0 saturated carbocycles. The zero-order valence-corrected chi connectivity index (χ0v) is 21.8. The average molecular weight is 609 g/mol. The number of rotatable bonds is 9. The molecule has 1 fully saturated rings. The van der Waals surface area contributed by atoms with Crippen LogP contribution in [0.3, 0.4) is 0 Å². The molecule has 3 rings (SSSR count). The molecule has 2 aromatic rings. The molecule has 0 atom stereocenters. The van der Waals surface area contributed by atoms with E-state index in [0.717, 1.165) is 35.9 Å². The summed E-state index contributed by atoms with van der Waals surface area (Å²) in [4.78, 5) is 36.2. The number of nitrogens with two attached hydrogens (primary N) is 1. The zero-order valence-electron chi connectivity index (χ0n) is 20.2. The Labute approximate surface area is 231 Å². The third-order valence-corrected chi connectivity index (χ3v) is 6.68. The number of thioether (sulfide) groups is 1. The predicted octanol–water partition coefficient (Wildman–Crippen LogP) is 4.94. The molecule has 3 N–H and O–H groups in total. The molecule has 0 radical (unpaired) electrons. The number of alkyl halides is 6. The molecule has 1 heterocycles. The van der Waals surface area contributed by atoms with E-state index in [1.807, 2.05) is 0 Å². The van der Waals surface area contributed by atoms with Gasteiger partial charge in [0.05, 0.1) is 23.1 Å². The lowest BCUT2D eigenvalue weighted by Crippen LogP contribution is -2.31. The van der Waals surface area contributed by atoms with Gasteiger partial charge in [0, 0.05) is 18.5 Å². The van der Waals surface area contributed by atoms with Crippen molar-refractivity contribution in [2.24, 2.45) is 5.73 Å². The fourth-order valence-corrected chi connectivity index (χ4v) is 4.81. The van der Waals surface area contributed by atoms with E-state index in [1.165, 1.54) is 6.08 Å². The van der Waals surface area contributed by atoms with E-state index in [0.29, 0.717) is 12.1 Å². The SMILES string of the molecule is COc1cc(-c2cc(C(F)(F)F)cc(C(F)(F)F)c2)cc(C=C2SC(=S)N(CCC(N)=O)C2=O)c1OCC(=O)O. The maximum absolute atomic E-state index is 13.5. The van der Waals surface area contributed by atoms with Crippen molar-refractivity contribution in [3.63, 3.8) is 0 Å². The first-order valence-corrected chi connectivity index (χ1v) is 12.1. The highest BCUT2D eigenvalue weighted by atomic mass is 32.2. The lowest BCUT2D eigenvalue weighted by Gasteiger charge is -2.17. The van der Waals surface area contributed by atoms with Crippen LogP contribution in [0.4, 0.5) is 26.3 Å². The number of ether oxygens (including phenoxy) is 2. The molecule has 16 heteroatoms. The van der Waals surface area contributed by atoms with Gasteiger partial charge in [0.15, 0.2) is 18.1 Å². The Kier molecular flexibility index (Phi) is 9.04. The number of halogens is 6. The van der Waals surface area contributed by atoms with Crippen molar-refractivity contribution in [2.45, 2.75) is 18.8 Å². The number of carboxylic acid groups (broad SMARTS) is 1. The Balaban J connectivity index is 2.22. The Hall–Kier alpha value is -3.79. The number of carbonyl (C=O) groups is 3. The standard InChI is InChI=1S/C24H18F6N2O6S2/c1-37-16-7-11(12-5-14(23(25,26)27)9-15(6-12)24(28,29)30)4-13(20(16)38-10-19(34)35)8-17-21(36)32(22(39)40-17)3-2-18(31)33/h4-9H,2-3,10H2,1H3,(H2,31,33)(H,34,35). The third kappa shape index (κ3) is 7.24. The summed E-state index contributed by atoms with van der Waals surface area (Å²) in [6.07, 6.45) is -9.24. The molecule has 8 nitrogen and oxygen atoms in total. The second-order valence-corrected chi connectivity index (χ2v) is 9.80. The first kappa shape index (κ1) is 30.7. The number of primary amides is 1. The molecule has 1 aliphatic rings. The Bertz CT molecular complexity index is 1380. The van der Waals surface area contributed by atoms with E-state index in [4.69, 9.17) is 32.5 Å². The van der Waals surface area contributed by atoms with Gasteiger partial charge in [0.25, 0.3) is 5.91 Å². The molecule has 2 amide bonds. The van der Waals surface area contributed by atoms with Crippen molar-refractivity contribution in [1.29, 1.82) is 0 Å². The number of benzene rings is 2. The van der Waals surface area contributed by atoms with E-state index in [2.05, 4.69) is 0 Å². The van der Waals surface area contributed by atoms with Gasteiger partial charge in [-0.15, -0.1) is 0 Å². The third-order valence-electron chi connectivity index (χ3n) is 5.31. The summed E-state index contributed by atoms with van der Waals surface area (Å²) in [6, 6.07) is 3.18. The number of carbonyl (C=O) groups excluding carboxylic acids is 2. The highest BCUT2D eigenvalue weighted by molar-refractivity contribution is 8.26. The summed E-state index contributed by atoms with van der Waals surface area (Å²) >= 11 is 5.95. The van der Waals surface area contributed by atoms with Gasteiger partial charge in [0.2, 0.25) is 5.91 Å². The van der Waals surface area contributed by atoms with Crippen molar-refractivity contribution < 1.29 is 55.3 Å². The van der Waals surface area contributed by atoms with Crippen molar-refractivity contribution in [3.05, 3.63) is 51.9 Å². The van der Waals surface area contributed by atoms with Crippen LogP contribution < -0.4 is 15.2 Å². The first-order valence-electron chi connectivity index (χ1n) is 10.9. The van der Waals surface area contributed by atoms with E-state index >= 15 is 0 Å². The van der Waals surface area contributed by atoms with Gasteiger partial charge >= 0.3 is 18.3 Å². The molecule has 0 aromatic heterocycles. The minimum absolute atomic E-state index is 0.0244. The van der Waals surface area contributed by atoms with Crippen LogP contribution in [0.25, 0.3) is 17.2 Å². The van der Waals surface area contributed by atoms with Crippen molar-refractivity contribution in [2.75, 3.05) is 20.3 Å². The maximum atomic E-state index is 13.5. The summed E-state index contributed by atoms with van der Waals surface area (Å²) < 4.78 is 91.3. The van der Waals surface area contributed by atoms with E-state index in [-0.39, 0.29) is 50.9 Å². The zero-order chi connectivity index (χ0) is 30.0. The molecule has 0 bridgehead atoms. The Morgan fingerprint density at radius 1 is 1.05 bits per heavy atom. The second kappa shape index (κ2) is 11.8. The van der Waals surface area contributed by atoms with Gasteiger partial charge in [-0.3, -0.25) is 14.5 Å². The first-order chi connectivity index (χ1) is 18.5. The minimum Gasteiger partial charge on any atom is -0.493 e. The lowest BCUT2D eigenvalue weighted by atomic mass is 9.96. The van der Waals surface area contributed by atoms with E-state index in [1.54, 1.807) is 0 Å². The summed E-state index contributed by atoms with van der Waals surface area (Å²) in [5.74, 6) is -3.25. The topological polar surface area (TPSA) is 119 Å². The maximum Gasteiger partial charge on any atom is 0.416 e. The Morgan fingerprint density at radius 2 is 1.62 bits per heavy atom. The summed E-state index contributed by atoms with van der Waals surface area (Å²) in [5, 5.41) is 9.06. The number of methoxy groups -OCH3 is 1. The molecular formula is C24H18F6N2O6S2. The monoisotopic (exact) mass is 608 g/mol. The number of nitrogens with zero attached hydrogens (tertiary/aromatic N) is 1. The summed E-state index contributed by atoms with van der Waals surface area (Å²) in [7, 11) is 1.12. The van der Waals surface area contributed by atoms with Crippen LogP contribution in [0.5, 0.6) is 11.5 Å².